The molecular weight excluding hydrogens is 438 g/mol. The van der Waals surface area contributed by atoms with Gasteiger partial charge in [0.2, 0.25) is 11.7 Å². The molecule has 1 saturated heterocycles. The maximum Gasteiger partial charge on any atom is 0.416 e. The number of hydrogen-bond acceptors (Lipinski definition) is 5. The third-order valence-corrected chi connectivity index (χ3v) is 6.28. The number of piperidine rings is 1. The van der Waals surface area contributed by atoms with Gasteiger partial charge in [0.25, 0.3) is 0 Å². The lowest BCUT2D eigenvalue weighted by Crippen LogP contribution is -2.38. The van der Waals surface area contributed by atoms with E-state index in [1.54, 1.807) is 11.8 Å². The largest absolute Gasteiger partial charge is 0.416 e. The van der Waals surface area contributed by atoms with Gasteiger partial charge in [-0.05, 0) is 49.3 Å². The Morgan fingerprint density at radius 2 is 1.79 bits per heavy atom. The van der Waals surface area contributed by atoms with Crippen LogP contribution in [0, 0.1) is 11.7 Å². The molecule has 2 aliphatic rings. The van der Waals surface area contributed by atoms with E-state index >= 15 is 4.39 Å². The number of halogens is 4. The molecule has 0 atom stereocenters. The maximum atomic E-state index is 15.3. The molecule has 10 heteroatoms. The normalized spacial score (nSPS) is 17.2. The molecule has 1 saturated carbocycles. The average molecular weight is 465 g/mol. The van der Waals surface area contributed by atoms with Crippen LogP contribution >= 0.6 is 0 Å². The number of anilines is 2. The molecule has 2 fully saturated rings. The summed E-state index contributed by atoms with van der Waals surface area (Å²) in [5, 5.41) is 3.09. The van der Waals surface area contributed by atoms with Crippen LogP contribution in [-0.2, 0) is 17.5 Å². The summed E-state index contributed by atoms with van der Waals surface area (Å²) in [6.45, 7) is 3.76. The first kappa shape index (κ1) is 23.3. The van der Waals surface area contributed by atoms with Gasteiger partial charge >= 0.3 is 6.18 Å². The van der Waals surface area contributed by atoms with E-state index in [1.165, 1.54) is 18.5 Å². The molecule has 0 unspecified atom stereocenters. The Balaban J connectivity index is 1.43. The number of aromatic nitrogens is 2. The standard InChI is InChI=1S/C23H27F4N5O/c1-15(33)31-10-8-16(9-11-31)12-28-21-20(24)22(30-14-29-21)32(19-6-7-19)13-17-2-4-18(5-3-17)23(25,26)27/h2-5,14,16,19H,6-13H2,1H3,(H,28,29,30). The molecule has 33 heavy (non-hydrogen) atoms. The SMILES string of the molecule is CC(=O)N1CCC(CNc2ncnc(N(Cc3ccc(C(F)(F)F)cc3)C3CC3)c2F)CC1. The topological polar surface area (TPSA) is 61.4 Å². The Morgan fingerprint density at radius 3 is 2.36 bits per heavy atom. The Morgan fingerprint density at radius 1 is 1.12 bits per heavy atom. The van der Waals surface area contributed by atoms with Gasteiger partial charge in [0.1, 0.15) is 6.33 Å². The van der Waals surface area contributed by atoms with Crippen LogP contribution in [0.2, 0.25) is 0 Å². The zero-order valence-corrected chi connectivity index (χ0v) is 18.4. The molecule has 0 bridgehead atoms. The van der Waals surface area contributed by atoms with Crippen molar-refractivity contribution in [2.24, 2.45) is 5.92 Å². The number of rotatable bonds is 7. The summed E-state index contributed by atoms with van der Waals surface area (Å²) in [5.74, 6) is 0.0945. The zero-order valence-electron chi connectivity index (χ0n) is 18.4. The van der Waals surface area contributed by atoms with Crippen LogP contribution < -0.4 is 10.2 Å². The maximum absolute atomic E-state index is 15.3. The molecule has 1 N–H and O–H groups in total. The molecule has 1 aromatic heterocycles. The molecule has 1 aliphatic heterocycles. The molecular formula is C23H27F4N5O. The van der Waals surface area contributed by atoms with E-state index in [-0.39, 0.29) is 30.1 Å². The third-order valence-electron chi connectivity index (χ3n) is 6.28. The van der Waals surface area contributed by atoms with Gasteiger partial charge in [-0.2, -0.15) is 17.6 Å². The van der Waals surface area contributed by atoms with Crippen LogP contribution in [0.5, 0.6) is 0 Å². The number of likely N-dealkylation sites (tertiary alicyclic amines) is 1. The minimum Gasteiger partial charge on any atom is -0.367 e. The highest BCUT2D eigenvalue weighted by molar-refractivity contribution is 5.73. The van der Waals surface area contributed by atoms with Gasteiger partial charge in [0.15, 0.2) is 11.6 Å². The van der Waals surface area contributed by atoms with Crippen molar-refractivity contribution in [2.75, 3.05) is 29.9 Å². The van der Waals surface area contributed by atoms with E-state index in [4.69, 9.17) is 0 Å². The number of nitrogens with zero attached hydrogens (tertiary/aromatic N) is 4. The zero-order chi connectivity index (χ0) is 23.6. The number of hydrogen-bond donors (Lipinski definition) is 1. The lowest BCUT2D eigenvalue weighted by molar-refractivity contribution is -0.137. The van der Waals surface area contributed by atoms with Crippen LogP contribution in [0.4, 0.5) is 29.2 Å². The smallest absolute Gasteiger partial charge is 0.367 e. The predicted molar refractivity (Wildman–Crippen MR) is 116 cm³/mol. The van der Waals surface area contributed by atoms with E-state index in [9.17, 15) is 18.0 Å². The van der Waals surface area contributed by atoms with Gasteiger partial charge in [-0.15, -0.1) is 0 Å². The lowest BCUT2D eigenvalue weighted by Gasteiger charge is -2.31. The number of benzene rings is 1. The number of alkyl halides is 3. The van der Waals surface area contributed by atoms with Gasteiger partial charge in [0, 0.05) is 39.1 Å². The highest BCUT2D eigenvalue weighted by atomic mass is 19.4. The number of amides is 1. The summed E-state index contributed by atoms with van der Waals surface area (Å²) in [6, 6.07) is 5.02. The number of carbonyl (C=O) groups excluding carboxylic acids is 1. The second-order valence-corrected chi connectivity index (χ2v) is 8.74. The van der Waals surface area contributed by atoms with Crippen LogP contribution in [0.1, 0.15) is 43.7 Å². The first-order chi connectivity index (χ1) is 15.7. The highest BCUT2D eigenvalue weighted by Gasteiger charge is 2.34. The summed E-state index contributed by atoms with van der Waals surface area (Å²) in [6.07, 6.45) is 0.351. The van der Waals surface area contributed by atoms with Crippen LogP contribution in [0.15, 0.2) is 30.6 Å². The Bertz CT molecular complexity index is 970. The fourth-order valence-electron chi connectivity index (χ4n) is 4.14. The monoisotopic (exact) mass is 465 g/mol. The molecule has 1 amide bonds. The third kappa shape index (κ3) is 5.72. The van der Waals surface area contributed by atoms with Crippen molar-refractivity contribution in [1.82, 2.24) is 14.9 Å². The van der Waals surface area contributed by atoms with Crippen molar-refractivity contribution in [3.05, 3.63) is 47.5 Å². The van der Waals surface area contributed by atoms with Crippen molar-refractivity contribution in [1.29, 1.82) is 0 Å². The van der Waals surface area contributed by atoms with Crippen LogP contribution in [0.3, 0.4) is 0 Å². The van der Waals surface area contributed by atoms with Gasteiger partial charge in [0.05, 0.1) is 5.56 Å². The van der Waals surface area contributed by atoms with E-state index in [0.717, 1.165) is 37.8 Å². The molecule has 1 aromatic carbocycles. The van der Waals surface area contributed by atoms with Crippen LogP contribution in [-0.4, -0.2) is 46.5 Å². The molecule has 4 rings (SSSR count). The predicted octanol–water partition coefficient (Wildman–Crippen LogP) is 4.47. The van der Waals surface area contributed by atoms with Gasteiger partial charge in [-0.3, -0.25) is 4.79 Å². The van der Waals surface area contributed by atoms with Gasteiger partial charge in [-0.25, -0.2) is 9.97 Å². The molecule has 1 aliphatic carbocycles. The molecule has 6 nitrogen and oxygen atoms in total. The van der Waals surface area contributed by atoms with E-state index in [1.807, 2.05) is 4.90 Å². The minimum atomic E-state index is -4.39. The fraction of sp³-hybridized carbons (Fsp3) is 0.522. The molecule has 0 spiro atoms. The van der Waals surface area contributed by atoms with E-state index < -0.39 is 17.6 Å². The van der Waals surface area contributed by atoms with Crippen molar-refractivity contribution in [2.45, 2.75) is 51.4 Å². The molecule has 178 valence electrons. The van der Waals surface area contributed by atoms with Crippen molar-refractivity contribution < 1.29 is 22.4 Å². The van der Waals surface area contributed by atoms with E-state index in [0.29, 0.717) is 31.1 Å². The Hall–Kier alpha value is -2.91. The first-order valence-electron chi connectivity index (χ1n) is 11.1. The summed E-state index contributed by atoms with van der Waals surface area (Å²) in [5.41, 5.74) is -0.0577. The Kier molecular flexibility index (Phi) is 6.71. The van der Waals surface area contributed by atoms with Crippen molar-refractivity contribution in [3.8, 4) is 0 Å². The van der Waals surface area contributed by atoms with Crippen molar-refractivity contribution >= 4 is 17.5 Å². The Labute approximate surface area is 190 Å². The summed E-state index contributed by atoms with van der Waals surface area (Å²) in [7, 11) is 0. The quantitative estimate of drug-likeness (QED) is 0.612. The average Bonchev–Trinajstić information content (AvgIpc) is 3.62. The minimum absolute atomic E-state index is 0.0705. The lowest BCUT2D eigenvalue weighted by atomic mass is 9.97. The summed E-state index contributed by atoms with van der Waals surface area (Å²) < 4.78 is 53.9. The second kappa shape index (κ2) is 9.52. The second-order valence-electron chi connectivity index (χ2n) is 8.74. The number of nitrogens with one attached hydrogen (secondary N) is 1. The molecule has 2 aromatic rings. The van der Waals surface area contributed by atoms with Gasteiger partial charge in [-0.1, -0.05) is 12.1 Å². The van der Waals surface area contributed by atoms with Crippen LogP contribution in [0.25, 0.3) is 0 Å². The summed E-state index contributed by atoms with van der Waals surface area (Å²) in [4.78, 5) is 23.3. The molecule has 2 heterocycles. The molecule has 0 radical (unpaired) electrons. The fourth-order valence-corrected chi connectivity index (χ4v) is 4.14. The first-order valence-corrected chi connectivity index (χ1v) is 11.1. The summed E-state index contributed by atoms with van der Waals surface area (Å²) >= 11 is 0. The highest BCUT2D eigenvalue weighted by Crippen LogP contribution is 2.35. The van der Waals surface area contributed by atoms with Crippen molar-refractivity contribution in [3.63, 3.8) is 0 Å². The number of carbonyl (C=O) groups is 1. The van der Waals surface area contributed by atoms with E-state index in [2.05, 4.69) is 15.3 Å². The van der Waals surface area contributed by atoms with Gasteiger partial charge < -0.3 is 15.1 Å².